The van der Waals surface area contributed by atoms with Crippen molar-refractivity contribution in [3.05, 3.63) is 54.2 Å². The lowest BCUT2D eigenvalue weighted by Gasteiger charge is -2.15. The van der Waals surface area contributed by atoms with E-state index in [4.69, 9.17) is 4.74 Å². The maximum absolute atomic E-state index is 12.5. The van der Waals surface area contributed by atoms with E-state index >= 15 is 0 Å². The number of aryl methyl sites for hydroxylation is 1. The molecule has 1 N–H and O–H groups in total. The van der Waals surface area contributed by atoms with Crippen molar-refractivity contribution in [2.75, 3.05) is 0 Å². The Morgan fingerprint density at radius 2 is 1.80 bits per heavy atom. The average Bonchev–Trinajstić information content (AvgIpc) is 2.49. The van der Waals surface area contributed by atoms with Crippen LogP contribution in [0.4, 0.5) is 0 Å². The Bertz CT molecular complexity index is 936. The fourth-order valence-corrected chi connectivity index (χ4v) is 4.24. The number of rotatable bonds is 4. The van der Waals surface area contributed by atoms with Crippen LogP contribution in [0, 0.1) is 14.1 Å². The van der Waals surface area contributed by atoms with E-state index in [0.29, 0.717) is 16.7 Å². The molecule has 0 aliphatic carbocycles. The summed E-state index contributed by atoms with van der Waals surface area (Å²) in [5.41, 5.74) is 1.29. The third kappa shape index (κ3) is 4.92. The van der Waals surface area contributed by atoms with Crippen LogP contribution < -0.4 is 4.74 Å². The lowest BCUT2D eigenvalue weighted by Crippen LogP contribution is -2.13. The van der Waals surface area contributed by atoms with Crippen LogP contribution in [-0.4, -0.2) is 18.9 Å². The summed E-state index contributed by atoms with van der Waals surface area (Å²) in [5.74, 6) is -0.413. The molecule has 2 aromatic rings. The summed E-state index contributed by atoms with van der Waals surface area (Å²) < 4.78 is 39.8. The Balaban J connectivity index is 2.48. The third-order valence-electron chi connectivity index (χ3n) is 3.56. The van der Waals surface area contributed by atoms with E-state index in [1.807, 2.05) is 12.1 Å². The van der Waals surface area contributed by atoms with Gasteiger partial charge in [-0.25, -0.2) is 4.79 Å². The molecule has 0 radical (unpaired) electrons. The van der Waals surface area contributed by atoms with Gasteiger partial charge in [0, 0.05) is 7.14 Å². The van der Waals surface area contributed by atoms with Gasteiger partial charge in [0.15, 0.2) is 0 Å². The van der Waals surface area contributed by atoms with Gasteiger partial charge in [0.1, 0.15) is 5.75 Å². The second kappa shape index (κ2) is 7.89. The number of carbonyl (C=O) groups is 1. The summed E-state index contributed by atoms with van der Waals surface area (Å²) >= 11 is 4.17. The van der Waals surface area contributed by atoms with Gasteiger partial charge in [0.25, 0.3) is 10.1 Å². The van der Waals surface area contributed by atoms with Gasteiger partial charge in [-0.15, -0.1) is 0 Å². The molecule has 0 heterocycles. The first-order valence-corrected chi connectivity index (χ1v) is 10.9. The number of halogens is 2. The molecule has 0 aliphatic heterocycles. The second-order valence-electron chi connectivity index (χ2n) is 5.80. The number of hydrogen-bond donors (Lipinski definition) is 1. The number of esters is 1. The van der Waals surface area contributed by atoms with E-state index in [2.05, 4.69) is 45.2 Å². The molecule has 0 saturated heterocycles. The van der Waals surface area contributed by atoms with Gasteiger partial charge in [-0.2, -0.15) is 8.42 Å². The quantitative estimate of drug-likeness (QED) is 0.241. The maximum atomic E-state index is 12.5. The van der Waals surface area contributed by atoms with Crippen molar-refractivity contribution in [1.82, 2.24) is 0 Å². The molecule has 8 heteroatoms. The minimum atomic E-state index is -4.35. The molecule has 0 aromatic heterocycles. The number of carbonyl (C=O) groups excluding carboxylic acids is 1. The number of ether oxygens (including phenoxy) is 1. The molecule has 134 valence electrons. The Kier molecular flexibility index (Phi) is 6.50. The van der Waals surface area contributed by atoms with Crippen molar-refractivity contribution in [2.24, 2.45) is 0 Å². The average molecular weight is 586 g/mol. The summed E-state index contributed by atoms with van der Waals surface area (Å²) in [5, 5.41) is 0. The van der Waals surface area contributed by atoms with Gasteiger partial charge in [0.05, 0.1) is 10.5 Å². The van der Waals surface area contributed by atoms with Crippen LogP contribution in [-0.2, 0) is 10.1 Å². The van der Waals surface area contributed by atoms with Crippen molar-refractivity contribution in [1.29, 1.82) is 0 Å². The van der Waals surface area contributed by atoms with E-state index in [9.17, 15) is 17.8 Å². The van der Waals surface area contributed by atoms with Crippen LogP contribution >= 0.6 is 45.2 Å². The highest BCUT2D eigenvalue weighted by Crippen LogP contribution is 2.32. The van der Waals surface area contributed by atoms with E-state index in [0.717, 1.165) is 7.14 Å². The number of hydrogen-bond acceptors (Lipinski definition) is 4. The van der Waals surface area contributed by atoms with Gasteiger partial charge >= 0.3 is 5.97 Å². The highest BCUT2D eigenvalue weighted by Gasteiger charge is 2.22. The van der Waals surface area contributed by atoms with Crippen molar-refractivity contribution in [3.63, 3.8) is 0 Å². The predicted molar refractivity (Wildman–Crippen MR) is 112 cm³/mol. The second-order valence-corrected chi connectivity index (χ2v) is 9.60. The molecule has 0 aliphatic rings. The van der Waals surface area contributed by atoms with Gasteiger partial charge in [-0.3, -0.25) is 4.55 Å². The monoisotopic (exact) mass is 586 g/mol. The van der Waals surface area contributed by atoms with Gasteiger partial charge in [-0.1, -0.05) is 13.8 Å². The highest BCUT2D eigenvalue weighted by atomic mass is 127. The molecule has 0 fully saturated rings. The van der Waals surface area contributed by atoms with Crippen molar-refractivity contribution >= 4 is 61.3 Å². The van der Waals surface area contributed by atoms with Crippen LogP contribution in [0.25, 0.3) is 0 Å². The number of benzene rings is 2. The lowest BCUT2D eigenvalue weighted by atomic mass is 10.0. The van der Waals surface area contributed by atoms with Crippen LogP contribution in [0.3, 0.4) is 0 Å². The molecule has 0 bridgehead atoms. The SMILES string of the molecule is Cc1cc(S(=O)(=O)O)c(C(C)C)cc1OC(=O)c1cc(I)ccc1I. The molecule has 0 saturated carbocycles. The lowest BCUT2D eigenvalue weighted by molar-refractivity contribution is 0.0732. The van der Waals surface area contributed by atoms with Crippen LogP contribution in [0.1, 0.15) is 41.3 Å². The van der Waals surface area contributed by atoms with E-state index < -0.39 is 16.1 Å². The molecule has 0 spiro atoms. The predicted octanol–water partition coefficient (Wildman–Crippen LogP) is 4.79. The summed E-state index contributed by atoms with van der Waals surface area (Å²) in [6.45, 7) is 5.22. The largest absolute Gasteiger partial charge is 0.423 e. The third-order valence-corrected chi connectivity index (χ3v) is 6.08. The first kappa shape index (κ1) is 20.6. The minimum Gasteiger partial charge on any atom is -0.423 e. The Morgan fingerprint density at radius 1 is 1.16 bits per heavy atom. The molecule has 2 aromatic carbocycles. The van der Waals surface area contributed by atoms with Crippen molar-refractivity contribution in [3.8, 4) is 5.75 Å². The smallest absolute Gasteiger partial charge is 0.344 e. The summed E-state index contributed by atoms with van der Waals surface area (Å²) in [7, 11) is -4.35. The fourth-order valence-electron chi connectivity index (χ4n) is 2.27. The molecular formula is C17H16I2O5S. The van der Waals surface area contributed by atoms with Crippen LogP contribution in [0.2, 0.25) is 0 Å². The molecule has 0 atom stereocenters. The standard InChI is InChI=1S/C17H16I2O5S/c1-9(2)12-8-15(10(3)6-16(12)25(21,22)23)24-17(20)13-7-11(18)4-5-14(13)19/h4-9H,1-3H3,(H,21,22,23). The Hall–Kier alpha value is -0.720. The van der Waals surface area contributed by atoms with Gasteiger partial charge < -0.3 is 4.74 Å². The first-order chi connectivity index (χ1) is 11.5. The van der Waals surface area contributed by atoms with E-state index in [1.54, 1.807) is 26.8 Å². The van der Waals surface area contributed by atoms with Crippen LogP contribution in [0.15, 0.2) is 35.2 Å². The summed E-state index contributed by atoms with van der Waals surface area (Å²) in [6.07, 6.45) is 0. The van der Waals surface area contributed by atoms with E-state index in [1.165, 1.54) is 12.1 Å². The normalized spacial score (nSPS) is 11.6. The summed E-state index contributed by atoms with van der Waals surface area (Å²) in [6, 6.07) is 8.28. The van der Waals surface area contributed by atoms with E-state index in [-0.39, 0.29) is 16.6 Å². The summed E-state index contributed by atoms with van der Waals surface area (Å²) in [4.78, 5) is 12.3. The zero-order valence-corrected chi connectivity index (χ0v) is 18.8. The Labute approximate surface area is 174 Å². The fraction of sp³-hybridized carbons (Fsp3) is 0.235. The minimum absolute atomic E-state index is 0.163. The van der Waals surface area contributed by atoms with Crippen molar-refractivity contribution in [2.45, 2.75) is 31.6 Å². The molecule has 0 unspecified atom stereocenters. The first-order valence-electron chi connectivity index (χ1n) is 7.30. The molecule has 2 rings (SSSR count). The highest BCUT2D eigenvalue weighted by molar-refractivity contribution is 14.1. The zero-order valence-electron chi connectivity index (χ0n) is 13.7. The molecule has 5 nitrogen and oxygen atoms in total. The van der Waals surface area contributed by atoms with Crippen molar-refractivity contribution < 1.29 is 22.5 Å². The molecular weight excluding hydrogens is 570 g/mol. The molecule has 25 heavy (non-hydrogen) atoms. The topological polar surface area (TPSA) is 80.7 Å². The zero-order chi connectivity index (χ0) is 18.9. The maximum Gasteiger partial charge on any atom is 0.344 e. The molecule has 0 amide bonds. The Morgan fingerprint density at radius 3 is 2.36 bits per heavy atom. The van der Waals surface area contributed by atoms with Crippen LogP contribution in [0.5, 0.6) is 5.75 Å². The van der Waals surface area contributed by atoms with Gasteiger partial charge in [-0.05, 0) is 99.5 Å². The van der Waals surface area contributed by atoms with Gasteiger partial charge in [0.2, 0.25) is 0 Å².